The standard InChI is InChI=1S/C24H31N5O4/c1-2-4-22-20(3-1)21(5-11-32-22)25-18-19-17-23(29-9-14-31-15-10-29)27-24(26-19)33-16-8-28-6-12-30-13-7-28/h1-4,17H,5-16,18H2. The van der Waals surface area contributed by atoms with E-state index in [9.17, 15) is 0 Å². The van der Waals surface area contributed by atoms with Gasteiger partial charge in [0.05, 0.1) is 45.3 Å². The van der Waals surface area contributed by atoms with E-state index in [4.69, 9.17) is 28.9 Å². The van der Waals surface area contributed by atoms with Crippen LogP contribution in [0.4, 0.5) is 5.82 Å². The molecule has 1 aromatic heterocycles. The second kappa shape index (κ2) is 10.9. The number of aromatic nitrogens is 2. The van der Waals surface area contributed by atoms with Crippen molar-refractivity contribution in [3.8, 4) is 11.8 Å². The van der Waals surface area contributed by atoms with Gasteiger partial charge >= 0.3 is 6.01 Å². The minimum atomic E-state index is 0.412. The molecule has 2 aromatic rings. The van der Waals surface area contributed by atoms with Crippen molar-refractivity contribution >= 4 is 11.5 Å². The molecule has 3 aliphatic heterocycles. The number of nitrogens with zero attached hydrogens (tertiary/aromatic N) is 5. The smallest absolute Gasteiger partial charge is 0.318 e. The number of hydrogen-bond acceptors (Lipinski definition) is 9. The minimum absolute atomic E-state index is 0.412. The number of hydrogen-bond donors (Lipinski definition) is 0. The van der Waals surface area contributed by atoms with Crippen LogP contribution in [-0.2, 0) is 16.0 Å². The lowest BCUT2D eigenvalue weighted by atomic mass is 10.0. The van der Waals surface area contributed by atoms with Crippen molar-refractivity contribution in [1.29, 1.82) is 0 Å². The van der Waals surface area contributed by atoms with E-state index < -0.39 is 0 Å². The van der Waals surface area contributed by atoms with Crippen LogP contribution in [-0.4, -0.2) is 92.9 Å². The van der Waals surface area contributed by atoms with E-state index in [-0.39, 0.29) is 0 Å². The Bertz CT molecular complexity index is 958. The summed E-state index contributed by atoms with van der Waals surface area (Å²) >= 11 is 0. The molecule has 0 saturated carbocycles. The minimum Gasteiger partial charge on any atom is -0.492 e. The Hall–Kier alpha value is -2.75. The highest BCUT2D eigenvalue weighted by Crippen LogP contribution is 2.25. The maximum Gasteiger partial charge on any atom is 0.318 e. The molecule has 2 saturated heterocycles. The zero-order valence-corrected chi connectivity index (χ0v) is 18.9. The Labute approximate surface area is 194 Å². The van der Waals surface area contributed by atoms with E-state index in [1.54, 1.807) is 0 Å². The number of fused-ring (bicyclic) bond motifs is 1. The van der Waals surface area contributed by atoms with E-state index in [0.29, 0.717) is 39.0 Å². The van der Waals surface area contributed by atoms with Crippen molar-refractivity contribution in [2.75, 3.05) is 77.3 Å². The topological polar surface area (TPSA) is 81.5 Å². The molecule has 176 valence electrons. The van der Waals surface area contributed by atoms with Gasteiger partial charge in [0.15, 0.2) is 0 Å². The van der Waals surface area contributed by atoms with Gasteiger partial charge in [-0.25, -0.2) is 0 Å². The first-order valence-electron chi connectivity index (χ1n) is 11.7. The number of morpholine rings is 2. The van der Waals surface area contributed by atoms with Gasteiger partial charge in [0.25, 0.3) is 0 Å². The van der Waals surface area contributed by atoms with Gasteiger partial charge in [0, 0.05) is 56.5 Å². The Balaban J connectivity index is 1.31. The lowest BCUT2D eigenvalue weighted by Crippen LogP contribution is -2.39. The molecule has 0 unspecified atom stereocenters. The molecule has 33 heavy (non-hydrogen) atoms. The fourth-order valence-electron chi connectivity index (χ4n) is 4.21. The van der Waals surface area contributed by atoms with E-state index in [0.717, 1.165) is 80.9 Å². The summed E-state index contributed by atoms with van der Waals surface area (Å²) < 4.78 is 22.7. The van der Waals surface area contributed by atoms with Crippen LogP contribution in [0, 0.1) is 0 Å². The SMILES string of the molecule is c1ccc2c(c1)OCCC2=NCc1cc(N2CCOCC2)nc(OCCN2CCOCC2)n1. The third kappa shape index (κ3) is 5.79. The Morgan fingerprint density at radius 2 is 1.73 bits per heavy atom. The van der Waals surface area contributed by atoms with Crippen LogP contribution in [0.5, 0.6) is 11.8 Å². The summed E-state index contributed by atoms with van der Waals surface area (Å²) in [5.41, 5.74) is 2.97. The Morgan fingerprint density at radius 1 is 0.939 bits per heavy atom. The molecule has 4 heterocycles. The van der Waals surface area contributed by atoms with Gasteiger partial charge < -0.3 is 23.8 Å². The summed E-state index contributed by atoms with van der Waals surface area (Å²) in [6, 6.07) is 10.5. The van der Waals surface area contributed by atoms with Gasteiger partial charge in [-0.15, -0.1) is 0 Å². The quantitative estimate of drug-likeness (QED) is 0.628. The predicted octanol–water partition coefficient (Wildman–Crippen LogP) is 1.80. The molecular weight excluding hydrogens is 422 g/mol. The molecule has 0 amide bonds. The maximum absolute atomic E-state index is 6.00. The fourth-order valence-corrected chi connectivity index (χ4v) is 4.21. The largest absolute Gasteiger partial charge is 0.492 e. The molecule has 0 aliphatic carbocycles. The van der Waals surface area contributed by atoms with Crippen molar-refractivity contribution in [2.45, 2.75) is 13.0 Å². The number of benzene rings is 1. The summed E-state index contributed by atoms with van der Waals surface area (Å²) in [4.78, 5) is 18.8. The third-order valence-electron chi connectivity index (χ3n) is 6.05. The molecule has 0 atom stereocenters. The van der Waals surface area contributed by atoms with Crippen molar-refractivity contribution < 1.29 is 18.9 Å². The Kier molecular flexibility index (Phi) is 7.30. The molecule has 0 radical (unpaired) electrons. The molecule has 2 fully saturated rings. The highest BCUT2D eigenvalue weighted by atomic mass is 16.5. The maximum atomic E-state index is 6.00. The first-order valence-corrected chi connectivity index (χ1v) is 11.7. The van der Waals surface area contributed by atoms with Crippen molar-refractivity contribution in [1.82, 2.24) is 14.9 Å². The van der Waals surface area contributed by atoms with Gasteiger partial charge in [0.1, 0.15) is 18.2 Å². The third-order valence-corrected chi connectivity index (χ3v) is 6.05. The summed E-state index contributed by atoms with van der Waals surface area (Å²) in [6.07, 6.45) is 0.793. The zero-order chi connectivity index (χ0) is 22.3. The molecule has 9 nitrogen and oxygen atoms in total. The van der Waals surface area contributed by atoms with E-state index in [1.165, 1.54) is 0 Å². The number of rotatable bonds is 7. The highest BCUT2D eigenvalue weighted by Gasteiger charge is 2.18. The van der Waals surface area contributed by atoms with Gasteiger partial charge in [0.2, 0.25) is 0 Å². The molecule has 3 aliphatic rings. The van der Waals surface area contributed by atoms with Crippen molar-refractivity contribution in [3.63, 3.8) is 0 Å². The number of para-hydroxylation sites is 1. The summed E-state index contributed by atoms with van der Waals surface area (Å²) in [5.74, 6) is 1.77. The van der Waals surface area contributed by atoms with Crippen LogP contribution in [0.25, 0.3) is 0 Å². The summed E-state index contributed by atoms with van der Waals surface area (Å²) in [5, 5.41) is 0. The lowest BCUT2D eigenvalue weighted by Gasteiger charge is -2.28. The second-order valence-electron chi connectivity index (χ2n) is 8.26. The van der Waals surface area contributed by atoms with Crippen molar-refractivity contribution in [3.05, 3.63) is 41.6 Å². The highest BCUT2D eigenvalue weighted by molar-refractivity contribution is 6.03. The molecule has 0 spiro atoms. The van der Waals surface area contributed by atoms with Crippen LogP contribution in [0.2, 0.25) is 0 Å². The van der Waals surface area contributed by atoms with Gasteiger partial charge in [-0.3, -0.25) is 9.89 Å². The average molecular weight is 454 g/mol. The zero-order valence-electron chi connectivity index (χ0n) is 18.9. The van der Waals surface area contributed by atoms with Gasteiger partial charge in [-0.2, -0.15) is 9.97 Å². The first-order chi connectivity index (χ1) is 16.3. The fraction of sp³-hybridized carbons (Fsp3) is 0.542. The van der Waals surface area contributed by atoms with Crippen LogP contribution < -0.4 is 14.4 Å². The molecule has 5 rings (SSSR count). The van der Waals surface area contributed by atoms with Gasteiger partial charge in [-0.05, 0) is 12.1 Å². The second-order valence-corrected chi connectivity index (χ2v) is 8.26. The van der Waals surface area contributed by atoms with Gasteiger partial charge in [-0.1, -0.05) is 12.1 Å². The molecule has 1 aromatic carbocycles. The molecule has 0 N–H and O–H groups in total. The van der Waals surface area contributed by atoms with Crippen LogP contribution in [0.1, 0.15) is 17.7 Å². The summed E-state index contributed by atoms with van der Waals surface area (Å²) in [6.45, 7) is 8.95. The Morgan fingerprint density at radius 3 is 2.58 bits per heavy atom. The van der Waals surface area contributed by atoms with Crippen LogP contribution in [0.3, 0.4) is 0 Å². The average Bonchev–Trinajstić information content (AvgIpc) is 2.88. The monoisotopic (exact) mass is 453 g/mol. The van der Waals surface area contributed by atoms with E-state index >= 15 is 0 Å². The number of ether oxygens (including phenoxy) is 4. The van der Waals surface area contributed by atoms with E-state index in [1.807, 2.05) is 24.3 Å². The van der Waals surface area contributed by atoms with E-state index in [2.05, 4.69) is 20.9 Å². The molecule has 9 heteroatoms. The lowest BCUT2D eigenvalue weighted by molar-refractivity contribution is 0.0317. The molecule has 0 bridgehead atoms. The molecular formula is C24H31N5O4. The number of anilines is 1. The summed E-state index contributed by atoms with van der Waals surface area (Å²) in [7, 11) is 0. The van der Waals surface area contributed by atoms with Crippen molar-refractivity contribution in [2.24, 2.45) is 4.99 Å². The normalized spacial score (nSPS) is 20.4. The number of aliphatic imine (C=N–C) groups is 1. The predicted molar refractivity (Wildman–Crippen MR) is 125 cm³/mol. The first kappa shape index (κ1) is 22.1. The van der Waals surface area contributed by atoms with Crippen LogP contribution in [0.15, 0.2) is 35.3 Å². The van der Waals surface area contributed by atoms with Crippen LogP contribution >= 0.6 is 0 Å².